The number of thiazole rings is 1. The monoisotopic (exact) mass is 462 g/mol. The second kappa shape index (κ2) is 9.92. The van der Waals surface area contributed by atoms with Gasteiger partial charge in [-0.3, -0.25) is 4.79 Å². The summed E-state index contributed by atoms with van der Waals surface area (Å²) in [5.41, 5.74) is 3.78. The van der Waals surface area contributed by atoms with Crippen LogP contribution in [0.3, 0.4) is 0 Å². The van der Waals surface area contributed by atoms with E-state index in [2.05, 4.69) is 0 Å². The molecule has 4 rings (SSSR count). The van der Waals surface area contributed by atoms with Gasteiger partial charge in [-0.25, -0.2) is 4.98 Å². The predicted molar refractivity (Wildman–Crippen MR) is 131 cm³/mol. The zero-order valence-corrected chi connectivity index (χ0v) is 19.9. The Morgan fingerprint density at radius 1 is 0.939 bits per heavy atom. The maximum Gasteiger partial charge on any atom is 0.326 e. The minimum absolute atomic E-state index is 0.135. The van der Waals surface area contributed by atoms with Crippen LogP contribution >= 0.6 is 11.3 Å². The summed E-state index contributed by atoms with van der Waals surface area (Å²) in [5.74, 6) is 1.31. The van der Waals surface area contributed by atoms with Crippen molar-refractivity contribution in [1.82, 2.24) is 9.55 Å². The van der Waals surface area contributed by atoms with Gasteiger partial charge in [-0.1, -0.05) is 0 Å². The van der Waals surface area contributed by atoms with Crippen LogP contribution in [0, 0.1) is 0 Å². The van der Waals surface area contributed by atoms with Gasteiger partial charge in [-0.05, 0) is 80.1 Å². The molecular formula is C26H26N2O4S. The number of esters is 1. The predicted octanol–water partition coefficient (Wildman–Crippen LogP) is 5.91. The minimum atomic E-state index is -0.273. The summed E-state index contributed by atoms with van der Waals surface area (Å²) in [6, 6.07) is 19.7. The molecule has 0 aliphatic rings. The third kappa shape index (κ3) is 5.09. The highest BCUT2D eigenvalue weighted by Gasteiger charge is 2.19. The molecule has 0 radical (unpaired) electrons. The SMILES string of the molecule is COc1ccc(-c2nc(-c3cccn3CC(=O)OC(C)C)sc2-c2ccc(OC)cc2)cc1. The van der Waals surface area contributed by atoms with Gasteiger partial charge in [-0.15, -0.1) is 11.3 Å². The van der Waals surface area contributed by atoms with E-state index in [4.69, 9.17) is 19.2 Å². The van der Waals surface area contributed by atoms with E-state index in [-0.39, 0.29) is 18.6 Å². The quantitative estimate of drug-likeness (QED) is 0.304. The first-order valence-electron chi connectivity index (χ1n) is 10.6. The van der Waals surface area contributed by atoms with E-state index >= 15 is 0 Å². The molecular weight excluding hydrogens is 436 g/mol. The molecule has 0 aliphatic carbocycles. The lowest BCUT2D eigenvalue weighted by atomic mass is 10.1. The lowest BCUT2D eigenvalue weighted by molar-refractivity contribution is -0.148. The Hall–Kier alpha value is -3.58. The molecule has 2 aromatic carbocycles. The van der Waals surface area contributed by atoms with Gasteiger partial charge in [0.15, 0.2) is 0 Å². The Morgan fingerprint density at radius 2 is 1.55 bits per heavy atom. The van der Waals surface area contributed by atoms with Crippen molar-refractivity contribution in [3.8, 4) is 43.9 Å². The van der Waals surface area contributed by atoms with Gasteiger partial charge < -0.3 is 18.8 Å². The standard InChI is InChI=1S/C26H26N2O4S/c1-17(2)32-23(29)16-28-15-5-6-22(28)26-27-24(18-7-11-20(30-3)12-8-18)25(33-26)19-9-13-21(31-4)14-10-19/h5-15,17H,16H2,1-4H3. The second-order valence-corrected chi connectivity index (χ2v) is 8.71. The first-order valence-corrected chi connectivity index (χ1v) is 11.4. The topological polar surface area (TPSA) is 62.6 Å². The van der Waals surface area contributed by atoms with Crippen LogP contribution in [0.15, 0.2) is 66.9 Å². The van der Waals surface area contributed by atoms with Crippen LogP contribution in [-0.2, 0) is 16.1 Å². The van der Waals surface area contributed by atoms with Crippen LogP contribution in [0.2, 0.25) is 0 Å². The third-order valence-electron chi connectivity index (χ3n) is 5.06. The Kier molecular flexibility index (Phi) is 6.79. The van der Waals surface area contributed by atoms with Crippen molar-refractivity contribution in [2.45, 2.75) is 26.5 Å². The van der Waals surface area contributed by atoms with Crippen molar-refractivity contribution < 1.29 is 19.0 Å². The number of nitrogens with zero attached hydrogens (tertiary/aromatic N) is 2. The summed E-state index contributed by atoms with van der Waals surface area (Å²) in [5, 5.41) is 0.828. The molecule has 2 heterocycles. The maximum absolute atomic E-state index is 12.3. The molecule has 0 bridgehead atoms. The fourth-order valence-corrected chi connectivity index (χ4v) is 4.63. The van der Waals surface area contributed by atoms with Crippen molar-refractivity contribution in [3.05, 3.63) is 66.9 Å². The van der Waals surface area contributed by atoms with Crippen molar-refractivity contribution in [3.63, 3.8) is 0 Å². The first-order chi connectivity index (χ1) is 16.0. The Morgan fingerprint density at radius 3 is 2.12 bits per heavy atom. The van der Waals surface area contributed by atoms with E-state index in [1.54, 1.807) is 25.6 Å². The first kappa shape index (κ1) is 22.6. The number of benzene rings is 2. The minimum Gasteiger partial charge on any atom is -0.497 e. The number of aromatic nitrogens is 2. The highest BCUT2D eigenvalue weighted by atomic mass is 32.1. The van der Waals surface area contributed by atoms with Crippen molar-refractivity contribution in [2.75, 3.05) is 14.2 Å². The Labute approximate surface area is 197 Å². The van der Waals surface area contributed by atoms with Crippen LogP contribution in [0.4, 0.5) is 0 Å². The lowest BCUT2D eigenvalue weighted by Crippen LogP contribution is -2.17. The van der Waals surface area contributed by atoms with Crippen LogP contribution in [0.1, 0.15) is 13.8 Å². The molecule has 33 heavy (non-hydrogen) atoms. The van der Waals surface area contributed by atoms with Gasteiger partial charge in [-0.2, -0.15) is 0 Å². The zero-order valence-electron chi connectivity index (χ0n) is 19.1. The summed E-state index contributed by atoms with van der Waals surface area (Å²) < 4.78 is 17.8. The normalized spacial score (nSPS) is 10.9. The van der Waals surface area contributed by atoms with Crippen molar-refractivity contribution in [2.24, 2.45) is 0 Å². The summed E-state index contributed by atoms with van der Waals surface area (Å²) in [7, 11) is 3.30. The van der Waals surface area contributed by atoms with Gasteiger partial charge >= 0.3 is 5.97 Å². The molecule has 0 atom stereocenters. The lowest BCUT2D eigenvalue weighted by Gasteiger charge is -2.10. The fourth-order valence-electron chi connectivity index (χ4n) is 3.50. The van der Waals surface area contributed by atoms with E-state index in [0.717, 1.165) is 43.9 Å². The van der Waals surface area contributed by atoms with Gasteiger partial charge in [0.1, 0.15) is 23.1 Å². The highest BCUT2D eigenvalue weighted by Crippen LogP contribution is 2.41. The smallest absolute Gasteiger partial charge is 0.326 e. The van der Waals surface area contributed by atoms with Gasteiger partial charge in [0.2, 0.25) is 0 Å². The molecule has 0 fully saturated rings. The molecule has 170 valence electrons. The van der Waals surface area contributed by atoms with Crippen LogP contribution < -0.4 is 9.47 Å². The van der Waals surface area contributed by atoms with Gasteiger partial charge in [0.05, 0.1) is 36.6 Å². The van der Waals surface area contributed by atoms with Crippen molar-refractivity contribution >= 4 is 17.3 Å². The van der Waals surface area contributed by atoms with Gasteiger partial charge in [0.25, 0.3) is 0 Å². The molecule has 7 heteroatoms. The summed E-state index contributed by atoms with van der Waals surface area (Å²) in [6.07, 6.45) is 1.72. The van der Waals surface area contributed by atoms with E-state index in [9.17, 15) is 4.79 Å². The average molecular weight is 463 g/mol. The van der Waals surface area contributed by atoms with E-state index in [0.29, 0.717) is 0 Å². The number of carbonyl (C=O) groups is 1. The summed E-state index contributed by atoms with van der Waals surface area (Å²) in [6.45, 7) is 3.82. The number of methoxy groups -OCH3 is 2. The number of rotatable bonds is 8. The molecule has 0 amide bonds. The van der Waals surface area contributed by atoms with Crippen LogP contribution in [0.25, 0.3) is 32.4 Å². The molecule has 2 aromatic heterocycles. The van der Waals surface area contributed by atoms with E-state index in [1.165, 1.54) is 0 Å². The molecule has 0 saturated heterocycles. The largest absolute Gasteiger partial charge is 0.497 e. The number of ether oxygens (including phenoxy) is 3. The van der Waals surface area contributed by atoms with Crippen LogP contribution in [-0.4, -0.2) is 35.8 Å². The molecule has 0 saturated carbocycles. The van der Waals surface area contributed by atoms with Crippen molar-refractivity contribution in [1.29, 1.82) is 0 Å². The molecule has 6 nitrogen and oxygen atoms in total. The summed E-state index contributed by atoms with van der Waals surface area (Å²) in [4.78, 5) is 18.3. The van der Waals surface area contributed by atoms with Gasteiger partial charge in [0, 0.05) is 11.8 Å². The molecule has 0 spiro atoms. The molecule has 0 N–H and O–H groups in total. The number of carbonyl (C=O) groups excluding carboxylic acids is 1. The van der Waals surface area contributed by atoms with E-state index in [1.807, 2.05) is 85.3 Å². The maximum atomic E-state index is 12.3. The second-order valence-electron chi connectivity index (χ2n) is 7.71. The molecule has 0 unspecified atom stereocenters. The van der Waals surface area contributed by atoms with Crippen LogP contribution in [0.5, 0.6) is 11.5 Å². The molecule has 0 aliphatic heterocycles. The third-order valence-corrected chi connectivity index (χ3v) is 6.19. The number of hydrogen-bond donors (Lipinski definition) is 0. The highest BCUT2D eigenvalue weighted by molar-refractivity contribution is 7.18. The molecule has 4 aromatic rings. The zero-order chi connectivity index (χ0) is 23.4. The average Bonchev–Trinajstić information content (AvgIpc) is 3.45. The fraction of sp³-hybridized carbons (Fsp3) is 0.231. The van der Waals surface area contributed by atoms with E-state index < -0.39 is 0 Å². The Bertz CT molecular complexity index is 1160. The number of hydrogen-bond acceptors (Lipinski definition) is 6. The summed E-state index contributed by atoms with van der Waals surface area (Å²) >= 11 is 1.59. The Balaban J connectivity index is 1.77.